The molecule has 1 unspecified atom stereocenters. The fourth-order valence-electron chi connectivity index (χ4n) is 4.48. The van der Waals surface area contributed by atoms with Gasteiger partial charge in [0, 0.05) is 16.1 Å². The number of rotatable bonds is 8. The summed E-state index contributed by atoms with van der Waals surface area (Å²) in [7, 11) is 0. The van der Waals surface area contributed by atoms with Crippen LogP contribution >= 0.6 is 11.6 Å². The van der Waals surface area contributed by atoms with Gasteiger partial charge >= 0.3 is 6.55 Å². The molecule has 2 aromatic heterocycles. The van der Waals surface area contributed by atoms with E-state index in [9.17, 15) is 13.6 Å². The van der Waals surface area contributed by atoms with Crippen LogP contribution < -0.4 is 10.4 Å². The van der Waals surface area contributed by atoms with Gasteiger partial charge in [-0.15, -0.1) is 10.2 Å². The highest BCUT2D eigenvalue weighted by atomic mass is 35.5. The van der Waals surface area contributed by atoms with Crippen LogP contribution in [0.25, 0.3) is 16.6 Å². The van der Waals surface area contributed by atoms with E-state index < -0.39 is 12.6 Å². The number of aromatic nitrogens is 6. The molecule has 41 heavy (non-hydrogen) atoms. The normalized spacial score (nSPS) is 15.0. The van der Waals surface area contributed by atoms with E-state index in [0.717, 1.165) is 5.56 Å². The number of amides is 1. The topological polar surface area (TPSA) is 115 Å². The Bertz CT molecular complexity index is 1650. The fraction of sp³-hybridized carbons (Fsp3) is 0.192. The number of hydroxylamine groups is 3. The van der Waals surface area contributed by atoms with Crippen molar-refractivity contribution >= 4 is 39.8 Å². The summed E-state index contributed by atoms with van der Waals surface area (Å²) >= 11 is 6.25. The lowest BCUT2D eigenvalue weighted by atomic mass is 10.0. The highest BCUT2D eigenvalue weighted by Gasteiger charge is 2.33. The molecule has 1 N–H and O–H groups in total. The molecule has 210 valence electrons. The summed E-state index contributed by atoms with van der Waals surface area (Å²) in [5.41, 5.74) is 2.77. The van der Waals surface area contributed by atoms with E-state index >= 15 is 0 Å². The molecule has 0 saturated carbocycles. The summed E-state index contributed by atoms with van der Waals surface area (Å²) in [5.74, 6) is -0.372. The molecule has 1 aliphatic heterocycles. The van der Waals surface area contributed by atoms with E-state index in [2.05, 4.69) is 25.9 Å². The fourth-order valence-corrected chi connectivity index (χ4v) is 4.65. The highest BCUT2D eigenvalue weighted by molar-refractivity contribution is 6.31. The number of hydrogen-bond acceptors (Lipinski definition) is 9. The van der Waals surface area contributed by atoms with Gasteiger partial charge in [-0.25, -0.2) is 9.75 Å². The van der Waals surface area contributed by atoms with E-state index in [4.69, 9.17) is 21.3 Å². The Morgan fingerprint density at radius 2 is 1.88 bits per heavy atom. The summed E-state index contributed by atoms with van der Waals surface area (Å²) in [4.78, 5) is 25.6. The highest BCUT2D eigenvalue weighted by Crippen LogP contribution is 2.30. The van der Waals surface area contributed by atoms with E-state index in [1.807, 2.05) is 30.3 Å². The zero-order valence-electron chi connectivity index (χ0n) is 21.2. The smallest absolute Gasteiger partial charge is 0.325 e. The minimum absolute atomic E-state index is 0.0627. The predicted molar refractivity (Wildman–Crippen MR) is 144 cm³/mol. The quantitative estimate of drug-likeness (QED) is 0.288. The number of carbonyl (C=O) groups is 1. The maximum Gasteiger partial charge on any atom is 0.333 e. The minimum Gasteiger partial charge on any atom is -0.325 e. The van der Waals surface area contributed by atoms with Crippen molar-refractivity contribution in [2.24, 2.45) is 0 Å². The summed E-state index contributed by atoms with van der Waals surface area (Å²) in [5, 5.41) is 21.8. The van der Waals surface area contributed by atoms with Gasteiger partial charge < -0.3 is 5.32 Å². The molecule has 3 heterocycles. The zero-order chi connectivity index (χ0) is 28.3. The molecule has 6 rings (SSSR count). The standard InChI is InChI=1S/C26H22ClF2N9O3/c27-19-6-8-22(35-14-30-33-34-35)23(12-19)36-15-41-37(16-40-36)24(10-17-4-2-1-3-5-17)25(39)32-20-7-9-21-18(11-20)13-31-38(21)26(28)29/h1-9,11-14,24,26H,10,15-16H2,(H,32,39). The predicted octanol–water partition coefficient (Wildman–Crippen LogP) is 4.21. The number of anilines is 2. The second kappa shape index (κ2) is 11.5. The molecule has 3 aromatic carbocycles. The van der Waals surface area contributed by atoms with Crippen molar-refractivity contribution in [2.75, 3.05) is 23.8 Å². The number of halogens is 3. The minimum atomic E-state index is -2.77. The van der Waals surface area contributed by atoms with Gasteiger partial charge in [-0.1, -0.05) is 41.9 Å². The molecular weight excluding hydrogens is 560 g/mol. The number of hydrogen-bond donors (Lipinski definition) is 1. The Labute approximate surface area is 236 Å². The van der Waals surface area contributed by atoms with Crippen LogP contribution in [0.5, 0.6) is 0 Å². The first-order chi connectivity index (χ1) is 20.0. The van der Waals surface area contributed by atoms with Crippen LogP contribution in [0.15, 0.2) is 79.3 Å². The molecule has 1 atom stereocenters. The van der Waals surface area contributed by atoms with Crippen LogP contribution in [0.4, 0.5) is 20.2 Å². The molecule has 1 amide bonds. The van der Waals surface area contributed by atoms with Crippen molar-refractivity contribution in [3.8, 4) is 5.69 Å². The molecule has 5 aromatic rings. The molecular formula is C26H22ClF2N9O3. The SMILES string of the molecule is O=C(Nc1ccc2c(cnn2C(F)F)c1)C(Cc1ccccc1)N1CON(c2cc(Cl)ccc2-n2cnnn2)CO1. The van der Waals surface area contributed by atoms with Crippen LogP contribution in [-0.4, -0.2) is 60.5 Å². The third kappa shape index (κ3) is 5.71. The average Bonchev–Trinajstić information content (AvgIpc) is 3.67. The van der Waals surface area contributed by atoms with Gasteiger partial charge in [0.15, 0.2) is 13.5 Å². The number of tetrazole rings is 1. The lowest BCUT2D eigenvalue weighted by molar-refractivity contribution is -0.279. The first kappa shape index (κ1) is 26.7. The number of nitrogens with one attached hydrogen (secondary N) is 1. The van der Waals surface area contributed by atoms with E-state index in [0.29, 0.717) is 38.6 Å². The zero-order valence-corrected chi connectivity index (χ0v) is 22.0. The number of nitrogens with zero attached hydrogens (tertiary/aromatic N) is 8. The first-order valence-electron chi connectivity index (χ1n) is 12.4. The average molecular weight is 582 g/mol. The van der Waals surface area contributed by atoms with Crippen LogP contribution in [0.1, 0.15) is 12.1 Å². The molecule has 0 aliphatic carbocycles. The monoisotopic (exact) mass is 581 g/mol. The molecule has 12 nitrogen and oxygen atoms in total. The van der Waals surface area contributed by atoms with Crippen molar-refractivity contribution in [3.05, 3.63) is 89.8 Å². The van der Waals surface area contributed by atoms with Crippen molar-refractivity contribution in [2.45, 2.75) is 19.0 Å². The maximum atomic E-state index is 13.6. The molecule has 15 heteroatoms. The Morgan fingerprint density at radius 3 is 2.61 bits per heavy atom. The Kier molecular flexibility index (Phi) is 7.52. The molecule has 0 spiro atoms. The van der Waals surface area contributed by atoms with E-state index in [1.54, 1.807) is 30.3 Å². The summed E-state index contributed by atoms with van der Waals surface area (Å²) in [6.07, 6.45) is 3.09. The number of alkyl halides is 2. The lowest BCUT2D eigenvalue weighted by Crippen LogP contribution is -2.52. The molecule has 1 saturated heterocycles. The van der Waals surface area contributed by atoms with Gasteiger partial charge in [0.1, 0.15) is 12.4 Å². The number of benzene rings is 3. The van der Waals surface area contributed by atoms with E-state index in [1.165, 1.54) is 33.4 Å². The molecule has 0 bridgehead atoms. The van der Waals surface area contributed by atoms with E-state index in [-0.39, 0.29) is 24.9 Å². The van der Waals surface area contributed by atoms with Gasteiger partial charge in [0.25, 0.3) is 0 Å². The number of fused-ring (bicyclic) bond motifs is 1. The summed E-state index contributed by atoms with van der Waals surface area (Å²) in [6, 6.07) is 18.5. The van der Waals surface area contributed by atoms with Crippen molar-refractivity contribution < 1.29 is 23.3 Å². The molecule has 1 aliphatic rings. The van der Waals surface area contributed by atoms with Crippen LogP contribution in [0.3, 0.4) is 0 Å². The Hall–Kier alpha value is -4.50. The van der Waals surface area contributed by atoms with Gasteiger partial charge in [0.05, 0.1) is 23.1 Å². The van der Waals surface area contributed by atoms with Crippen LogP contribution in [0.2, 0.25) is 5.02 Å². The molecule has 0 radical (unpaired) electrons. The number of carbonyl (C=O) groups excluding carboxylic acids is 1. The van der Waals surface area contributed by atoms with Gasteiger partial charge in [-0.05, 0) is 58.8 Å². The third-order valence-corrected chi connectivity index (χ3v) is 6.69. The second-order valence-corrected chi connectivity index (χ2v) is 9.47. The van der Waals surface area contributed by atoms with Crippen molar-refractivity contribution in [3.63, 3.8) is 0 Å². The van der Waals surface area contributed by atoms with Gasteiger partial charge in [-0.3, -0.25) is 14.5 Å². The third-order valence-electron chi connectivity index (χ3n) is 6.45. The largest absolute Gasteiger partial charge is 0.333 e. The lowest BCUT2D eigenvalue weighted by Gasteiger charge is -2.38. The van der Waals surface area contributed by atoms with Crippen molar-refractivity contribution in [1.29, 1.82) is 0 Å². The van der Waals surface area contributed by atoms with Gasteiger partial charge in [0.2, 0.25) is 5.91 Å². The summed E-state index contributed by atoms with van der Waals surface area (Å²) < 4.78 is 28.5. The molecule has 1 fully saturated rings. The Balaban J connectivity index is 1.21. The first-order valence-corrected chi connectivity index (χ1v) is 12.8. The van der Waals surface area contributed by atoms with Crippen LogP contribution in [-0.2, 0) is 20.9 Å². The van der Waals surface area contributed by atoms with Crippen molar-refractivity contribution in [1.82, 2.24) is 35.1 Å². The second-order valence-electron chi connectivity index (χ2n) is 9.03. The van der Waals surface area contributed by atoms with Crippen LogP contribution in [0, 0.1) is 0 Å². The Morgan fingerprint density at radius 1 is 1.02 bits per heavy atom. The van der Waals surface area contributed by atoms with Gasteiger partial charge in [-0.2, -0.15) is 18.6 Å². The maximum absolute atomic E-state index is 13.6. The summed E-state index contributed by atoms with van der Waals surface area (Å²) in [6.45, 7) is -2.92.